The van der Waals surface area contributed by atoms with Crippen molar-refractivity contribution >= 4 is 0 Å². The van der Waals surface area contributed by atoms with E-state index in [1.165, 1.54) is 24.3 Å². The Balaban J connectivity index is 0. The van der Waals surface area contributed by atoms with Crippen molar-refractivity contribution in [1.29, 1.82) is 0 Å². The molecule has 0 fully saturated rings. The van der Waals surface area contributed by atoms with Crippen LogP contribution < -0.4 is 0 Å². The first kappa shape index (κ1) is 25.8. The summed E-state index contributed by atoms with van der Waals surface area (Å²) in [5.41, 5.74) is -1.94. The normalized spacial score (nSPS) is 12.7. The van der Waals surface area contributed by atoms with Crippen LogP contribution in [0, 0.1) is 47.4 Å². The molecule has 4 nitrogen and oxygen atoms in total. The zero-order chi connectivity index (χ0) is 20.6. The Morgan fingerprint density at radius 2 is 0.885 bits per heavy atom. The van der Waals surface area contributed by atoms with Crippen molar-refractivity contribution in [1.82, 2.24) is 0 Å². The average Bonchev–Trinajstić information content (AvgIpc) is 2.44. The van der Waals surface area contributed by atoms with Gasteiger partial charge >= 0.3 is 0 Å². The zero-order valence-corrected chi connectivity index (χ0v) is 16.3. The Morgan fingerprint density at radius 3 is 1.12 bits per heavy atom. The van der Waals surface area contributed by atoms with Crippen LogP contribution in [-0.4, -0.2) is 43.8 Å². The number of aliphatic hydroxyl groups excluding tert-OH is 2. The van der Waals surface area contributed by atoms with Gasteiger partial charge in [0.05, 0.1) is 0 Å². The Bertz CT molecular complexity index is 632. The Hall–Kier alpha value is -2.44. The van der Waals surface area contributed by atoms with E-state index in [0.717, 1.165) is 0 Å². The van der Waals surface area contributed by atoms with Crippen molar-refractivity contribution in [2.45, 2.75) is 65.0 Å². The summed E-state index contributed by atoms with van der Waals surface area (Å²) in [7, 11) is 0. The van der Waals surface area contributed by atoms with Gasteiger partial charge in [0, 0.05) is 0 Å². The maximum Gasteiger partial charge on any atom is 0.120 e. The molecule has 140 valence electrons. The fourth-order valence-electron chi connectivity index (χ4n) is 0.941. The third-order valence-electron chi connectivity index (χ3n) is 1.84. The fourth-order valence-corrected chi connectivity index (χ4v) is 0.941. The van der Waals surface area contributed by atoms with Crippen LogP contribution in [0.1, 0.15) is 41.5 Å². The summed E-state index contributed by atoms with van der Waals surface area (Å²) >= 11 is 0. The minimum Gasteiger partial charge on any atom is -0.381 e. The SMILES string of the molecule is C[C@@H](O)C#C/C=C\C#CC(C)(C)O.C[C@H](O)C#C/C=C\C#CC(C)(C)O. The van der Waals surface area contributed by atoms with Crippen molar-refractivity contribution in [3.05, 3.63) is 24.3 Å². The van der Waals surface area contributed by atoms with Gasteiger partial charge in [-0.15, -0.1) is 0 Å². The van der Waals surface area contributed by atoms with Gasteiger partial charge in [-0.1, -0.05) is 47.4 Å². The van der Waals surface area contributed by atoms with Gasteiger partial charge in [-0.2, -0.15) is 0 Å². The van der Waals surface area contributed by atoms with E-state index in [9.17, 15) is 10.2 Å². The van der Waals surface area contributed by atoms with E-state index < -0.39 is 23.4 Å². The van der Waals surface area contributed by atoms with Gasteiger partial charge in [0.2, 0.25) is 0 Å². The smallest absolute Gasteiger partial charge is 0.120 e. The summed E-state index contributed by atoms with van der Waals surface area (Å²) in [6.45, 7) is 9.60. The Labute approximate surface area is 157 Å². The highest BCUT2D eigenvalue weighted by molar-refractivity contribution is 5.28. The molecule has 0 aliphatic carbocycles. The summed E-state index contributed by atoms with van der Waals surface area (Å²) in [5.74, 6) is 20.7. The monoisotopic (exact) mass is 356 g/mol. The molecule has 0 aromatic carbocycles. The summed E-state index contributed by atoms with van der Waals surface area (Å²) in [6.07, 6.45) is 4.90. The first-order valence-electron chi connectivity index (χ1n) is 8.02. The van der Waals surface area contributed by atoms with Gasteiger partial charge in [-0.05, 0) is 65.8 Å². The zero-order valence-electron chi connectivity index (χ0n) is 16.3. The van der Waals surface area contributed by atoms with Crippen LogP contribution in [0.3, 0.4) is 0 Å². The molecule has 26 heavy (non-hydrogen) atoms. The molecule has 0 amide bonds. The molecular weight excluding hydrogens is 328 g/mol. The molecule has 0 saturated carbocycles. The largest absolute Gasteiger partial charge is 0.381 e. The molecule has 4 N–H and O–H groups in total. The standard InChI is InChI=1S/2C11H14O2/c2*1-10(12)8-6-4-5-7-9-11(2,3)13/h2*4-5,10,12-13H,1-3H3/b2*5-4-/t2*10-/m10/s1. The quantitative estimate of drug-likeness (QED) is 0.495. The van der Waals surface area contributed by atoms with Gasteiger partial charge in [-0.25, -0.2) is 0 Å². The van der Waals surface area contributed by atoms with Gasteiger partial charge in [0.15, 0.2) is 0 Å². The molecular formula is C22H28O4. The molecule has 0 spiro atoms. The molecule has 0 aliphatic heterocycles. The van der Waals surface area contributed by atoms with E-state index in [1.54, 1.807) is 41.5 Å². The maximum absolute atomic E-state index is 9.18. The van der Waals surface area contributed by atoms with Crippen LogP contribution in [0.4, 0.5) is 0 Å². The van der Waals surface area contributed by atoms with Crippen molar-refractivity contribution in [2.24, 2.45) is 0 Å². The molecule has 2 atom stereocenters. The van der Waals surface area contributed by atoms with E-state index in [0.29, 0.717) is 0 Å². The highest BCUT2D eigenvalue weighted by Crippen LogP contribution is 1.96. The summed E-state index contributed by atoms with van der Waals surface area (Å²) < 4.78 is 0. The van der Waals surface area contributed by atoms with Gasteiger partial charge in [-0.3, -0.25) is 0 Å². The molecule has 0 heterocycles. The lowest BCUT2D eigenvalue weighted by Crippen LogP contribution is -2.14. The van der Waals surface area contributed by atoms with Gasteiger partial charge in [0.1, 0.15) is 23.4 Å². The van der Waals surface area contributed by atoms with E-state index in [4.69, 9.17) is 10.2 Å². The Morgan fingerprint density at radius 1 is 0.615 bits per heavy atom. The van der Waals surface area contributed by atoms with E-state index in [2.05, 4.69) is 47.4 Å². The second-order valence-electron chi connectivity index (χ2n) is 6.25. The molecule has 0 aromatic heterocycles. The lowest BCUT2D eigenvalue weighted by molar-refractivity contribution is 0.143. The first-order valence-corrected chi connectivity index (χ1v) is 8.02. The summed E-state index contributed by atoms with van der Waals surface area (Å²) in [5, 5.41) is 35.9. The minimum absolute atomic E-state index is 0.619. The molecule has 0 radical (unpaired) electrons. The van der Waals surface area contributed by atoms with E-state index in [-0.39, 0.29) is 0 Å². The molecule has 0 aliphatic rings. The van der Waals surface area contributed by atoms with Crippen LogP contribution in [0.15, 0.2) is 24.3 Å². The summed E-state index contributed by atoms with van der Waals surface area (Å²) in [6, 6.07) is 0. The van der Waals surface area contributed by atoms with Gasteiger partial charge < -0.3 is 20.4 Å². The number of hydrogen-bond acceptors (Lipinski definition) is 4. The number of rotatable bonds is 0. The van der Waals surface area contributed by atoms with E-state index in [1.807, 2.05) is 0 Å². The van der Waals surface area contributed by atoms with Gasteiger partial charge in [0.25, 0.3) is 0 Å². The minimum atomic E-state index is -0.970. The molecule has 0 rings (SSSR count). The molecule has 0 unspecified atom stereocenters. The molecule has 0 bridgehead atoms. The Kier molecular flexibility index (Phi) is 13.7. The highest BCUT2D eigenvalue weighted by atomic mass is 16.3. The van der Waals surface area contributed by atoms with Crippen molar-refractivity contribution in [2.75, 3.05) is 0 Å². The average molecular weight is 356 g/mol. The maximum atomic E-state index is 9.18. The topological polar surface area (TPSA) is 80.9 Å². The summed E-state index contributed by atoms with van der Waals surface area (Å²) in [4.78, 5) is 0. The second-order valence-corrected chi connectivity index (χ2v) is 6.25. The highest BCUT2D eigenvalue weighted by Gasteiger charge is 2.04. The fraction of sp³-hybridized carbons (Fsp3) is 0.455. The lowest BCUT2D eigenvalue weighted by atomic mass is 10.1. The van der Waals surface area contributed by atoms with Crippen LogP contribution in [0.5, 0.6) is 0 Å². The third-order valence-corrected chi connectivity index (χ3v) is 1.84. The van der Waals surface area contributed by atoms with Crippen molar-refractivity contribution in [3.8, 4) is 47.4 Å². The second kappa shape index (κ2) is 13.8. The van der Waals surface area contributed by atoms with Crippen molar-refractivity contribution < 1.29 is 20.4 Å². The van der Waals surface area contributed by atoms with Crippen LogP contribution in [-0.2, 0) is 0 Å². The number of aliphatic hydroxyl groups is 4. The molecule has 0 aromatic rings. The van der Waals surface area contributed by atoms with Crippen LogP contribution in [0.25, 0.3) is 0 Å². The van der Waals surface area contributed by atoms with Crippen LogP contribution in [0.2, 0.25) is 0 Å². The van der Waals surface area contributed by atoms with Crippen LogP contribution >= 0.6 is 0 Å². The molecule has 4 heteroatoms. The first-order chi connectivity index (χ1) is 11.8. The lowest BCUT2D eigenvalue weighted by Gasteiger charge is -2.04. The predicted octanol–water partition coefficient (Wildman–Crippen LogP) is 1.40. The number of hydrogen-bond donors (Lipinski definition) is 4. The predicted molar refractivity (Wildman–Crippen MR) is 105 cm³/mol. The number of allylic oxidation sites excluding steroid dienone is 4. The van der Waals surface area contributed by atoms with E-state index >= 15 is 0 Å². The third kappa shape index (κ3) is 29.6. The van der Waals surface area contributed by atoms with Crippen molar-refractivity contribution in [3.63, 3.8) is 0 Å². The molecule has 0 saturated heterocycles.